The molecule has 0 aliphatic carbocycles. The van der Waals surface area contributed by atoms with Gasteiger partial charge < -0.3 is 9.47 Å². The summed E-state index contributed by atoms with van der Waals surface area (Å²) in [5.41, 5.74) is 1.01. The highest BCUT2D eigenvalue weighted by atomic mass is 32.1. The van der Waals surface area contributed by atoms with Crippen LogP contribution in [0.25, 0.3) is 11.3 Å². The Hall–Kier alpha value is -3.60. The molecule has 0 atom stereocenters. The van der Waals surface area contributed by atoms with Crippen LogP contribution in [-0.2, 0) is 4.79 Å². The summed E-state index contributed by atoms with van der Waals surface area (Å²) >= 11 is 1.22. The Balaban J connectivity index is 1.64. The first kappa shape index (κ1) is 21.1. The third kappa shape index (κ3) is 5.26. The van der Waals surface area contributed by atoms with Crippen LogP contribution in [0.3, 0.4) is 0 Å². The van der Waals surface area contributed by atoms with Crippen LogP contribution in [0.5, 0.6) is 11.5 Å². The first-order chi connectivity index (χ1) is 14.3. The molecule has 1 aromatic heterocycles. The van der Waals surface area contributed by atoms with E-state index in [0.717, 1.165) is 4.88 Å². The highest BCUT2D eigenvalue weighted by Gasteiger charge is 2.16. The summed E-state index contributed by atoms with van der Waals surface area (Å²) in [4.78, 5) is 27.7. The first-order valence-electron chi connectivity index (χ1n) is 8.52. The van der Waals surface area contributed by atoms with Crippen molar-refractivity contribution in [2.45, 2.75) is 13.5 Å². The second-order valence-electron chi connectivity index (χ2n) is 5.89. The number of aromatic nitrogens is 1. The SMILES string of the molecule is Cc1sc(NC(=O)COc2ccccc2[N+](=O)[O-])nc1-c1ccc(OC(F)F)cc1. The molecule has 0 spiro atoms. The van der Waals surface area contributed by atoms with E-state index in [1.165, 1.54) is 41.7 Å². The van der Waals surface area contributed by atoms with Crippen molar-refractivity contribution >= 4 is 28.1 Å². The number of aryl methyl sites for hydroxylation is 1. The third-order valence-electron chi connectivity index (χ3n) is 3.82. The van der Waals surface area contributed by atoms with E-state index in [9.17, 15) is 23.7 Å². The number of benzene rings is 2. The number of nitrogens with zero attached hydrogens (tertiary/aromatic N) is 2. The van der Waals surface area contributed by atoms with Gasteiger partial charge in [0.15, 0.2) is 17.5 Å². The smallest absolute Gasteiger partial charge is 0.387 e. The van der Waals surface area contributed by atoms with E-state index < -0.39 is 24.0 Å². The molecule has 0 fully saturated rings. The number of nitrogens with one attached hydrogen (secondary N) is 1. The molecular formula is C19H15F2N3O5S. The fourth-order valence-electron chi connectivity index (χ4n) is 2.54. The normalized spacial score (nSPS) is 10.7. The summed E-state index contributed by atoms with van der Waals surface area (Å²) in [5.74, 6) is -0.517. The number of alkyl halides is 2. The third-order valence-corrected chi connectivity index (χ3v) is 4.70. The van der Waals surface area contributed by atoms with Crippen LogP contribution in [0.2, 0.25) is 0 Å². The molecule has 8 nitrogen and oxygen atoms in total. The predicted molar refractivity (Wildman–Crippen MR) is 106 cm³/mol. The number of thiazole rings is 1. The minimum absolute atomic E-state index is 0.0141. The zero-order chi connectivity index (χ0) is 21.7. The fraction of sp³-hybridized carbons (Fsp3) is 0.158. The largest absolute Gasteiger partial charge is 0.477 e. The van der Waals surface area contributed by atoms with Gasteiger partial charge in [0.1, 0.15) is 5.75 Å². The van der Waals surface area contributed by atoms with Crippen LogP contribution in [0, 0.1) is 17.0 Å². The van der Waals surface area contributed by atoms with Crippen molar-refractivity contribution in [1.29, 1.82) is 0 Å². The van der Waals surface area contributed by atoms with Gasteiger partial charge in [0.2, 0.25) is 0 Å². The Bertz CT molecular complexity index is 1060. The van der Waals surface area contributed by atoms with Gasteiger partial charge in [-0.25, -0.2) is 4.98 Å². The van der Waals surface area contributed by atoms with Crippen molar-refractivity contribution in [2.24, 2.45) is 0 Å². The number of nitro groups is 1. The lowest BCUT2D eigenvalue weighted by atomic mass is 10.1. The molecular weight excluding hydrogens is 420 g/mol. The van der Waals surface area contributed by atoms with E-state index in [1.807, 2.05) is 0 Å². The van der Waals surface area contributed by atoms with Crippen molar-refractivity contribution in [2.75, 3.05) is 11.9 Å². The Morgan fingerprint density at radius 1 is 1.23 bits per heavy atom. The molecule has 0 radical (unpaired) electrons. The van der Waals surface area contributed by atoms with Crippen molar-refractivity contribution in [3.63, 3.8) is 0 Å². The van der Waals surface area contributed by atoms with Crippen LogP contribution in [-0.4, -0.2) is 29.0 Å². The molecule has 1 amide bonds. The van der Waals surface area contributed by atoms with Gasteiger partial charge in [-0.1, -0.05) is 12.1 Å². The van der Waals surface area contributed by atoms with Crippen molar-refractivity contribution in [3.8, 4) is 22.8 Å². The molecule has 0 unspecified atom stereocenters. The summed E-state index contributed by atoms with van der Waals surface area (Å²) < 4.78 is 34.1. The molecule has 0 saturated heterocycles. The van der Waals surface area contributed by atoms with E-state index in [1.54, 1.807) is 25.1 Å². The van der Waals surface area contributed by atoms with E-state index in [0.29, 0.717) is 16.4 Å². The zero-order valence-corrected chi connectivity index (χ0v) is 16.3. The highest BCUT2D eigenvalue weighted by molar-refractivity contribution is 7.16. The Labute approximate surface area is 173 Å². The molecule has 1 heterocycles. The average molecular weight is 435 g/mol. The van der Waals surface area contributed by atoms with Gasteiger partial charge >= 0.3 is 12.3 Å². The molecule has 0 aliphatic rings. The monoisotopic (exact) mass is 435 g/mol. The number of ether oxygens (including phenoxy) is 2. The Morgan fingerprint density at radius 3 is 2.60 bits per heavy atom. The predicted octanol–water partition coefficient (Wildman–Crippen LogP) is 4.65. The van der Waals surface area contributed by atoms with Crippen molar-refractivity contribution in [1.82, 2.24) is 4.98 Å². The van der Waals surface area contributed by atoms with Gasteiger partial charge in [-0.05, 0) is 37.3 Å². The minimum atomic E-state index is -2.90. The minimum Gasteiger partial charge on any atom is -0.477 e. The number of hydrogen-bond acceptors (Lipinski definition) is 7. The van der Waals surface area contributed by atoms with Gasteiger partial charge in [0.25, 0.3) is 5.91 Å². The van der Waals surface area contributed by atoms with Gasteiger partial charge in [-0.2, -0.15) is 8.78 Å². The fourth-order valence-corrected chi connectivity index (χ4v) is 3.39. The standard InChI is InChI=1S/C19H15F2N3O5S/c1-11-17(12-6-8-13(9-7-12)29-18(20)21)23-19(30-11)22-16(25)10-28-15-5-3-2-4-14(15)24(26)27/h2-9,18H,10H2,1H3,(H,22,23,25). The summed E-state index contributed by atoms with van der Waals surface area (Å²) in [6, 6.07) is 11.7. The zero-order valence-electron chi connectivity index (χ0n) is 15.5. The number of amides is 1. The van der Waals surface area contributed by atoms with Crippen molar-refractivity contribution < 1.29 is 28.0 Å². The lowest BCUT2D eigenvalue weighted by Gasteiger charge is -2.06. The molecule has 2 aromatic carbocycles. The van der Waals surface area contributed by atoms with Gasteiger partial charge in [0, 0.05) is 16.5 Å². The van der Waals surface area contributed by atoms with Crippen LogP contribution >= 0.6 is 11.3 Å². The molecule has 1 N–H and O–H groups in total. The van der Waals surface area contributed by atoms with Gasteiger partial charge in [-0.15, -0.1) is 11.3 Å². The van der Waals surface area contributed by atoms with E-state index in [2.05, 4.69) is 15.0 Å². The maximum atomic E-state index is 12.2. The summed E-state index contributed by atoms with van der Waals surface area (Å²) in [6.45, 7) is -1.53. The maximum absolute atomic E-state index is 12.2. The van der Waals surface area contributed by atoms with E-state index >= 15 is 0 Å². The lowest BCUT2D eigenvalue weighted by Crippen LogP contribution is -2.20. The number of rotatable bonds is 8. The van der Waals surface area contributed by atoms with Crippen molar-refractivity contribution in [3.05, 3.63) is 63.5 Å². The molecule has 0 aliphatic heterocycles. The first-order valence-corrected chi connectivity index (χ1v) is 9.34. The molecule has 3 rings (SSSR count). The maximum Gasteiger partial charge on any atom is 0.387 e. The van der Waals surface area contributed by atoms with Gasteiger partial charge in [-0.3, -0.25) is 20.2 Å². The van der Waals surface area contributed by atoms with E-state index in [-0.39, 0.29) is 17.2 Å². The molecule has 0 saturated carbocycles. The number of anilines is 1. The second kappa shape index (κ2) is 9.27. The van der Waals surface area contributed by atoms with Crippen LogP contribution in [0.1, 0.15) is 4.88 Å². The van der Waals surface area contributed by atoms with Crippen LogP contribution in [0.4, 0.5) is 19.6 Å². The number of hydrogen-bond donors (Lipinski definition) is 1. The Kier molecular flexibility index (Phi) is 6.52. The molecule has 11 heteroatoms. The van der Waals surface area contributed by atoms with E-state index in [4.69, 9.17) is 4.74 Å². The highest BCUT2D eigenvalue weighted by Crippen LogP contribution is 2.31. The number of para-hydroxylation sites is 2. The molecule has 30 heavy (non-hydrogen) atoms. The summed E-state index contributed by atoms with van der Waals surface area (Å²) in [6.07, 6.45) is 0. The quantitative estimate of drug-likeness (QED) is 0.408. The average Bonchev–Trinajstić information content (AvgIpc) is 3.06. The molecule has 3 aromatic rings. The number of halogens is 2. The topological polar surface area (TPSA) is 104 Å². The number of nitro benzene ring substituents is 1. The van der Waals surface area contributed by atoms with Crippen LogP contribution < -0.4 is 14.8 Å². The molecule has 156 valence electrons. The van der Waals surface area contributed by atoms with Crippen LogP contribution in [0.15, 0.2) is 48.5 Å². The number of carbonyl (C=O) groups is 1. The summed E-state index contributed by atoms with van der Waals surface area (Å²) in [5, 5.41) is 13.9. The number of carbonyl (C=O) groups excluding carboxylic acids is 1. The summed E-state index contributed by atoms with van der Waals surface area (Å²) in [7, 11) is 0. The van der Waals surface area contributed by atoms with Gasteiger partial charge in [0.05, 0.1) is 10.6 Å². The lowest BCUT2D eigenvalue weighted by molar-refractivity contribution is -0.385. The second-order valence-corrected chi connectivity index (χ2v) is 7.09. The Morgan fingerprint density at radius 2 is 1.93 bits per heavy atom. The molecule has 0 bridgehead atoms.